The molecule has 10 nitrogen and oxygen atoms in total. The molecule has 0 aliphatic carbocycles. The van der Waals surface area contributed by atoms with Crippen molar-refractivity contribution in [3.05, 3.63) is 70.4 Å². The molecule has 0 atom stereocenters. The number of nitrogens with two attached hydrogens (primary N) is 1. The Morgan fingerprint density at radius 3 is 2.43 bits per heavy atom. The highest BCUT2D eigenvalue weighted by atomic mass is 32.2. The number of anilines is 2. The van der Waals surface area contributed by atoms with Gasteiger partial charge in [-0.05, 0) is 30.3 Å². The number of hydrogen-bond donors (Lipinski definition) is 3. The summed E-state index contributed by atoms with van der Waals surface area (Å²) in [6.07, 6.45) is 0.235. The van der Waals surface area contributed by atoms with Crippen LogP contribution in [0.3, 0.4) is 0 Å². The second kappa shape index (κ2) is 9.07. The Kier molecular flexibility index (Phi) is 6.30. The molecular weight excluding hydrogens is 482 g/mol. The van der Waals surface area contributed by atoms with Crippen molar-refractivity contribution in [2.24, 2.45) is 5.73 Å². The summed E-state index contributed by atoms with van der Waals surface area (Å²) in [4.78, 5) is 26.2. The highest BCUT2D eigenvalue weighted by molar-refractivity contribution is 7.89. The summed E-state index contributed by atoms with van der Waals surface area (Å²) in [5.74, 6) is -3.40. The van der Waals surface area contributed by atoms with Crippen LogP contribution in [-0.4, -0.2) is 55.4 Å². The van der Waals surface area contributed by atoms with Crippen LogP contribution in [-0.2, 0) is 23.0 Å². The standard InChI is InChI=1S/C22H22F2N6O4S/c1-29(2)14-3-4-16(17(10-14)20(25)31)22(32)26-21-18-11-30(6-5-19(18)27-28-21)35(33,34)15-8-12(23)7-13(24)9-15/h3-4,7-10H,5-6,11H2,1-2H3,(H2,25,31)(H2,26,27,28,32). The fourth-order valence-corrected chi connectivity index (χ4v) is 5.24. The van der Waals surface area contributed by atoms with Crippen molar-refractivity contribution in [3.63, 3.8) is 0 Å². The second-order valence-electron chi connectivity index (χ2n) is 8.17. The first-order valence-corrected chi connectivity index (χ1v) is 11.9. The normalized spacial score (nSPS) is 13.8. The molecule has 2 heterocycles. The SMILES string of the molecule is CN(C)c1ccc(C(=O)Nc2n[nH]c3c2CN(S(=O)(=O)c2cc(F)cc(F)c2)CC3)c(C(N)=O)c1. The van der Waals surface area contributed by atoms with E-state index in [9.17, 15) is 26.8 Å². The predicted molar refractivity (Wildman–Crippen MR) is 123 cm³/mol. The second-order valence-corrected chi connectivity index (χ2v) is 10.1. The lowest BCUT2D eigenvalue weighted by Gasteiger charge is -2.26. The molecule has 1 aliphatic rings. The molecule has 0 bridgehead atoms. The van der Waals surface area contributed by atoms with Crippen molar-refractivity contribution in [2.45, 2.75) is 17.9 Å². The molecular formula is C22H22F2N6O4S. The van der Waals surface area contributed by atoms with Gasteiger partial charge in [-0.25, -0.2) is 17.2 Å². The minimum absolute atomic E-state index is 0.00967. The van der Waals surface area contributed by atoms with Crippen LogP contribution in [0.15, 0.2) is 41.3 Å². The summed E-state index contributed by atoms with van der Waals surface area (Å²) >= 11 is 0. The number of halogens is 2. The summed E-state index contributed by atoms with van der Waals surface area (Å²) in [6, 6.07) is 6.67. The predicted octanol–water partition coefficient (Wildman–Crippen LogP) is 1.85. The van der Waals surface area contributed by atoms with Crippen LogP contribution < -0.4 is 16.0 Å². The maximum atomic E-state index is 13.6. The number of nitrogens with one attached hydrogen (secondary N) is 2. The number of rotatable bonds is 6. The van der Waals surface area contributed by atoms with Gasteiger partial charge in [0.15, 0.2) is 5.82 Å². The van der Waals surface area contributed by atoms with Gasteiger partial charge in [0, 0.05) is 56.6 Å². The molecule has 0 radical (unpaired) electrons. The Morgan fingerprint density at radius 1 is 1.11 bits per heavy atom. The Labute approximate surface area is 199 Å². The Hall–Kier alpha value is -3.84. The van der Waals surface area contributed by atoms with Crippen molar-refractivity contribution >= 4 is 33.3 Å². The van der Waals surface area contributed by atoms with Crippen molar-refractivity contribution in [1.29, 1.82) is 0 Å². The molecule has 184 valence electrons. The average Bonchev–Trinajstić information content (AvgIpc) is 3.19. The summed E-state index contributed by atoms with van der Waals surface area (Å²) in [5, 5.41) is 9.44. The van der Waals surface area contributed by atoms with E-state index in [1.54, 1.807) is 25.1 Å². The number of aromatic nitrogens is 2. The van der Waals surface area contributed by atoms with E-state index in [2.05, 4.69) is 15.5 Å². The fourth-order valence-electron chi connectivity index (χ4n) is 3.79. The topological polar surface area (TPSA) is 141 Å². The molecule has 4 rings (SSSR count). The van der Waals surface area contributed by atoms with Gasteiger partial charge in [0.1, 0.15) is 11.6 Å². The number of amides is 2. The molecule has 1 aromatic heterocycles. The first kappa shape index (κ1) is 24.3. The minimum atomic E-state index is -4.22. The zero-order valence-corrected chi connectivity index (χ0v) is 19.6. The van der Waals surface area contributed by atoms with Crippen LogP contribution in [0.2, 0.25) is 0 Å². The smallest absolute Gasteiger partial charge is 0.257 e. The zero-order valence-electron chi connectivity index (χ0n) is 18.8. The van der Waals surface area contributed by atoms with Gasteiger partial charge in [-0.2, -0.15) is 9.40 Å². The van der Waals surface area contributed by atoms with Gasteiger partial charge >= 0.3 is 0 Å². The highest BCUT2D eigenvalue weighted by Gasteiger charge is 2.32. The molecule has 0 unspecified atom stereocenters. The van der Waals surface area contributed by atoms with Crippen LogP contribution in [0, 0.1) is 11.6 Å². The van der Waals surface area contributed by atoms with Crippen molar-refractivity contribution in [2.75, 3.05) is 30.9 Å². The van der Waals surface area contributed by atoms with Gasteiger partial charge in [-0.1, -0.05) is 0 Å². The van der Waals surface area contributed by atoms with Gasteiger partial charge in [0.05, 0.1) is 16.0 Å². The van der Waals surface area contributed by atoms with Gasteiger partial charge in [0.25, 0.3) is 5.91 Å². The third-order valence-corrected chi connectivity index (χ3v) is 7.46. The Morgan fingerprint density at radius 2 is 1.80 bits per heavy atom. The van der Waals surface area contributed by atoms with E-state index >= 15 is 0 Å². The minimum Gasteiger partial charge on any atom is -0.378 e. The molecule has 0 fully saturated rings. The lowest BCUT2D eigenvalue weighted by Crippen LogP contribution is -2.36. The third kappa shape index (κ3) is 4.72. The number of nitrogens with zero attached hydrogens (tertiary/aromatic N) is 3. The number of aromatic amines is 1. The average molecular weight is 505 g/mol. The van der Waals surface area contributed by atoms with E-state index in [0.29, 0.717) is 23.0 Å². The molecule has 4 N–H and O–H groups in total. The number of hydrogen-bond acceptors (Lipinski definition) is 6. The number of sulfonamides is 1. The maximum absolute atomic E-state index is 13.6. The highest BCUT2D eigenvalue weighted by Crippen LogP contribution is 2.29. The number of carbonyl (C=O) groups excluding carboxylic acids is 2. The largest absolute Gasteiger partial charge is 0.378 e. The van der Waals surface area contributed by atoms with E-state index in [-0.39, 0.29) is 36.5 Å². The van der Waals surface area contributed by atoms with E-state index in [1.165, 1.54) is 12.1 Å². The van der Waals surface area contributed by atoms with Crippen molar-refractivity contribution in [3.8, 4) is 0 Å². The molecule has 0 spiro atoms. The number of fused-ring (bicyclic) bond motifs is 1. The first-order valence-electron chi connectivity index (χ1n) is 10.4. The zero-order chi connectivity index (χ0) is 25.5. The van der Waals surface area contributed by atoms with Crippen molar-refractivity contribution < 1.29 is 26.8 Å². The van der Waals surface area contributed by atoms with E-state index in [1.807, 2.05) is 0 Å². The molecule has 2 aromatic carbocycles. The van der Waals surface area contributed by atoms with E-state index in [0.717, 1.165) is 16.4 Å². The monoisotopic (exact) mass is 504 g/mol. The lowest BCUT2D eigenvalue weighted by atomic mass is 10.0. The number of benzene rings is 2. The van der Waals surface area contributed by atoms with Gasteiger partial charge in [0.2, 0.25) is 15.9 Å². The Bertz CT molecular complexity index is 1420. The molecule has 0 saturated heterocycles. The lowest BCUT2D eigenvalue weighted by molar-refractivity contribution is 0.0977. The van der Waals surface area contributed by atoms with Crippen LogP contribution in [0.25, 0.3) is 0 Å². The molecule has 3 aromatic rings. The van der Waals surface area contributed by atoms with Gasteiger partial charge in [-0.15, -0.1) is 0 Å². The van der Waals surface area contributed by atoms with Crippen LogP contribution in [0.5, 0.6) is 0 Å². The quantitative estimate of drug-likeness (QED) is 0.468. The molecule has 35 heavy (non-hydrogen) atoms. The van der Waals surface area contributed by atoms with E-state index < -0.39 is 38.4 Å². The van der Waals surface area contributed by atoms with Crippen molar-refractivity contribution in [1.82, 2.24) is 14.5 Å². The summed E-state index contributed by atoms with van der Waals surface area (Å²) < 4.78 is 54.3. The number of primary amides is 1. The number of carbonyl (C=O) groups is 2. The number of H-pyrrole nitrogens is 1. The summed E-state index contributed by atoms with van der Waals surface area (Å²) in [7, 11) is -0.679. The Balaban J connectivity index is 1.61. The summed E-state index contributed by atoms with van der Waals surface area (Å²) in [6.45, 7) is -0.148. The van der Waals surface area contributed by atoms with Gasteiger partial charge < -0.3 is 16.0 Å². The molecule has 13 heteroatoms. The van der Waals surface area contributed by atoms with E-state index in [4.69, 9.17) is 5.73 Å². The van der Waals surface area contributed by atoms with Crippen LogP contribution >= 0.6 is 0 Å². The molecule has 2 amide bonds. The molecule has 1 aliphatic heterocycles. The van der Waals surface area contributed by atoms with Gasteiger partial charge in [-0.3, -0.25) is 14.7 Å². The first-order chi connectivity index (χ1) is 16.5. The maximum Gasteiger partial charge on any atom is 0.257 e. The third-order valence-electron chi connectivity index (χ3n) is 5.63. The summed E-state index contributed by atoms with van der Waals surface area (Å²) in [5.41, 5.74) is 7.17. The molecule has 0 saturated carbocycles. The fraction of sp³-hybridized carbons (Fsp3) is 0.227. The van der Waals surface area contributed by atoms with Crippen LogP contribution in [0.4, 0.5) is 20.3 Å². The van der Waals surface area contributed by atoms with Crippen LogP contribution in [0.1, 0.15) is 32.0 Å².